The van der Waals surface area contributed by atoms with Gasteiger partial charge in [-0.15, -0.1) is 0 Å². The van der Waals surface area contributed by atoms with E-state index in [9.17, 15) is 9.59 Å². The minimum Gasteiger partial charge on any atom is -0.399 e. The second kappa shape index (κ2) is 7.41. The Morgan fingerprint density at radius 1 is 1.21 bits per heavy atom. The minimum atomic E-state index is -0.0770. The van der Waals surface area contributed by atoms with Crippen LogP contribution in [0.5, 0.6) is 0 Å². The summed E-state index contributed by atoms with van der Waals surface area (Å²) < 4.78 is 0. The molecule has 0 bridgehead atoms. The third kappa shape index (κ3) is 5.42. The topological polar surface area (TPSA) is 84.2 Å². The highest BCUT2D eigenvalue weighted by molar-refractivity contribution is 5.79. The van der Waals surface area contributed by atoms with Crippen LogP contribution in [0.1, 0.15) is 31.2 Å². The molecule has 0 aliphatic heterocycles. The van der Waals surface area contributed by atoms with Gasteiger partial charge in [0.05, 0.1) is 0 Å². The standard InChI is InChI=1S/C14H21N3O2/c1-10(11-3-5-12(15)6-4-11)9-14(19)17-8-7-13(18)16-2/h3-6,10H,7-9,15H2,1-2H3,(H,16,18)(H,17,19). The Balaban J connectivity index is 2.35. The summed E-state index contributed by atoms with van der Waals surface area (Å²) in [6, 6.07) is 7.51. The maximum absolute atomic E-state index is 11.7. The molecule has 0 radical (unpaired) electrons. The second-order valence-electron chi connectivity index (χ2n) is 4.54. The molecular weight excluding hydrogens is 242 g/mol. The van der Waals surface area contributed by atoms with Crippen molar-refractivity contribution in [3.05, 3.63) is 29.8 Å². The van der Waals surface area contributed by atoms with Crippen LogP contribution >= 0.6 is 0 Å². The fraction of sp³-hybridized carbons (Fsp3) is 0.429. The number of hydrogen-bond acceptors (Lipinski definition) is 3. The molecule has 0 spiro atoms. The molecule has 5 nitrogen and oxygen atoms in total. The Labute approximate surface area is 113 Å². The molecule has 104 valence electrons. The van der Waals surface area contributed by atoms with E-state index in [1.165, 1.54) is 0 Å². The van der Waals surface area contributed by atoms with Crippen molar-refractivity contribution in [3.8, 4) is 0 Å². The summed E-state index contributed by atoms with van der Waals surface area (Å²) in [7, 11) is 1.58. The predicted octanol–water partition coefficient (Wildman–Crippen LogP) is 1.01. The summed E-state index contributed by atoms with van der Waals surface area (Å²) >= 11 is 0. The Hall–Kier alpha value is -2.04. The lowest BCUT2D eigenvalue weighted by Crippen LogP contribution is -2.29. The van der Waals surface area contributed by atoms with Crippen molar-refractivity contribution in [3.63, 3.8) is 0 Å². The molecule has 0 fully saturated rings. The lowest BCUT2D eigenvalue weighted by molar-refractivity contribution is -0.122. The maximum Gasteiger partial charge on any atom is 0.221 e. The van der Waals surface area contributed by atoms with Crippen LogP contribution in [-0.4, -0.2) is 25.4 Å². The number of carbonyl (C=O) groups is 2. The van der Waals surface area contributed by atoms with Crippen molar-refractivity contribution in [2.45, 2.75) is 25.7 Å². The van der Waals surface area contributed by atoms with E-state index in [-0.39, 0.29) is 17.7 Å². The molecule has 19 heavy (non-hydrogen) atoms. The van der Waals surface area contributed by atoms with Gasteiger partial charge in [-0.2, -0.15) is 0 Å². The van der Waals surface area contributed by atoms with E-state index >= 15 is 0 Å². The van der Waals surface area contributed by atoms with Crippen molar-refractivity contribution in [1.82, 2.24) is 10.6 Å². The molecule has 0 aromatic heterocycles. The highest BCUT2D eigenvalue weighted by Crippen LogP contribution is 2.19. The Morgan fingerprint density at radius 3 is 2.42 bits per heavy atom. The monoisotopic (exact) mass is 263 g/mol. The van der Waals surface area contributed by atoms with Crippen LogP contribution < -0.4 is 16.4 Å². The molecule has 2 amide bonds. The molecule has 1 rings (SSSR count). The lowest BCUT2D eigenvalue weighted by Gasteiger charge is -2.12. The fourth-order valence-corrected chi connectivity index (χ4v) is 1.73. The number of hydrogen-bond donors (Lipinski definition) is 3. The van der Waals surface area contributed by atoms with Gasteiger partial charge in [0.1, 0.15) is 0 Å². The molecular formula is C14H21N3O2. The summed E-state index contributed by atoms with van der Waals surface area (Å²) in [5, 5.41) is 5.24. The Morgan fingerprint density at radius 2 is 1.84 bits per heavy atom. The number of amides is 2. The van der Waals surface area contributed by atoms with Crippen molar-refractivity contribution in [2.75, 3.05) is 19.3 Å². The zero-order valence-electron chi connectivity index (χ0n) is 11.4. The molecule has 0 saturated heterocycles. The highest BCUT2D eigenvalue weighted by atomic mass is 16.2. The van der Waals surface area contributed by atoms with Crippen LogP contribution in [0.15, 0.2) is 24.3 Å². The van der Waals surface area contributed by atoms with E-state index in [1.54, 1.807) is 7.05 Å². The molecule has 0 heterocycles. The van der Waals surface area contributed by atoms with Gasteiger partial charge in [-0.25, -0.2) is 0 Å². The van der Waals surface area contributed by atoms with Gasteiger partial charge in [-0.1, -0.05) is 19.1 Å². The molecule has 1 atom stereocenters. The Kier molecular flexibility index (Phi) is 5.85. The molecule has 1 aromatic carbocycles. The lowest BCUT2D eigenvalue weighted by atomic mass is 9.97. The van der Waals surface area contributed by atoms with Gasteiger partial charge >= 0.3 is 0 Å². The Bertz CT molecular complexity index is 429. The van der Waals surface area contributed by atoms with Crippen LogP contribution in [0.3, 0.4) is 0 Å². The average molecular weight is 263 g/mol. The van der Waals surface area contributed by atoms with E-state index in [4.69, 9.17) is 5.73 Å². The average Bonchev–Trinajstić information content (AvgIpc) is 2.39. The van der Waals surface area contributed by atoms with E-state index in [0.29, 0.717) is 25.1 Å². The number of carbonyl (C=O) groups excluding carboxylic acids is 2. The molecule has 1 unspecified atom stereocenters. The first-order chi connectivity index (χ1) is 9.02. The van der Waals surface area contributed by atoms with Crippen LogP contribution in [-0.2, 0) is 9.59 Å². The molecule has 0 saturated carbocycles. The van der Waals surface area contributed by atoms with Gasteiger partial charge in [-0.05, 0) is 23.6 Å². The van der Waals surface area contributed by atoms with E-state index < -0.39 is 0 Å². The molecule has 0 aliphatic rings. The van der Waals surface area contributed by atoms with Gasteiger partial charge in [0, 0.05) is 32.1 Å². The largest absolute Gasteiger partial charge is 0.399 e. The summed E-state index contributed by atoms with van der Waals surface area (Å²) in [4.78, 5) is 22.7. The van der Waals surface area contributed by atoms with E-state index in [0.717, 1.165) is 5.56 Å². The summed E-state index contributed by atoms with van der Waals surface area (Å²) in [5.74, 6) is 0.000660. The highest BCUT2D eigenvalue weighted by Gasteiger charge is 2.11. The number of nitrogen functional groups attached to an aromatic ring is 1. The fourth-order valence-electron chi connectivity index (χ4n) is 1.73. The van der Waals surface area contributed by atoms with Gasteiger partial charge in [0.2, 0.25) is 11.8 Å². The van der Waals surface area contributed by atoms with Gasteiger partial charge in [0.25, 0.3) is 0 Å². The smallest absolute Gasteiger partial charge is 0.221 e. The summed E-state index contributed by atoms with van der Waals surface area (Å²) in [5.41, 5.74) is 7.41. The molecule has 5 heteroatoms. The van der Waals surface area contributed by atoms with Crippen molar-refractivity contribution in [1.29, 1.82) is 0 Å². The number of anilines is 1. The second-order valence-corrected chi connectivity index (χ2v) is 4.54. The van der Waals surface area contributed by atoms with E-state index in [2.05, 4.69) is 10.6 Å². The van der Waals surface area contributed by atoms with Crippen LogP contribution in [0.2, 0.25) is 0 Å². The minimum absolute atomic E-state index is 0.0479. The first kappa shape index (κ1) is 15.0. The number of nitrogens with two attached hydrogens (primary N) is 1. The number of benzene rings is 1. The first-order valence-corrected chi connectivity index (χ1v) is 6.35. The zero-order valence-corrected chi connectivity index (χ0v) is 11.4. The van der Waals surface area contributed by atoms with Crippen LogP contribution in [0, 0.1) is 0 Å². The zero-order chi connectivity index (χ0) is 14.3. The third-order valence-electron chi connectivity index (χ3n) is 2.95. The summed E-state index contributed by atoms with van der Waals surface area (Å²) in [6.45, 7) is 2.36. The van der Waals surface area contributed by atoms with Gasteiger partial charge < -0.3 is 16.4 Å². The van der Waals surface area contributed by atoms with Crippen LogP contribution in [0.25, 0.3) is 0 Å². The third-order valence-corrected chi connectivity index (χ3v) is 2.95. The van der Waals surface area contributed by atoms with Crippen molar-refractivity contribution in [2.24, 2.45) is 0 Å². The number of rotatable bonds is 6. The number of nitrogens with one attached hydrogen (secondary N) is 2. The van der Waals surface area contributed by atoms with Crippen molar-refractivity contribution >= 4 is 17.5 Å². The van der Waals surface area contributed by atoms with Gasteiger partial charge in [-0.3, -0.25) is 9.59 Å². The van der Waals surface area contributed by atoms with Crippen LogP contribution in [0.4, 0.5) is 5.69 Å². The molecule has 4 N–H and O–H groups in total. The quantitative estimate of drug-likeness (QED) is 0.670. The first-order valence-electron chi connectivity index (χ1n) is 6.35. The summed E-state index contributed by atoms with van der Waals surface area (Å²) in [6.07, 6.45) is 0.705. The van der Waals surface area contributed by atoms with Crippen molar-refractivity contribution < 1.29 is 9.59 Å². The SMILES string of the molecule is CNC(=O)CCNC(=O)CC(C)c1ccc(N)cc1. The molecule has 1 aromatic rings. The molecule has 0 aliphatic carbocycles. The maximum atomic E-state index is 11.7. The van der Waals surface area contributed by atoms with E-state index in [1.807, 2.05) is 31.2 Å². The predicted molar refractivity (Wildman–Crippen MR) is 75.6 cm³/mol. The normalized spacial score (nSPS) is 11.7. The van der Waals surface area contributed by atoms with Gasteiger partial charge in [0.15, 0.2) is 0 Å².